The molecule has 2 aliphatic rings. The number of fused-ring (bicyclic) bond motifs is 2. The summed E-state index contributed by atoms with van der Waals surface area (Å²) in [5.74, 6) is 0.0946. The van der Waals surface area contributed by atoms with Crippen molar-refractivity contribution in [2.45, 2.75) is 70.9 Å². The standard InChI is InChI=1S/C30H41N3O8/c1-19-9-10-23(34)28-24(40-30(3,4)41-28)8-6-7-21-15-22(37-14-13-31-17-26-32-11-12-33-26)16-25(38-18-36-5)27(21)29(35)39-20(19)2/h6-7,9-12,15-16,19-20,23-24,28,31,34H,8,13-14,17-18H2,1-5H3,(H,32,33)/b7-6?,10-9-/t19-,20+,23?,24+,28?/m1/s1. The Bertz CT molecular complexity index is 1200. The Balaban J connectivity index is 1.62. The molecule has 2 aromatic rings. The third-order valence-corrected chi connectivity index (χ3v) is 6.91. The van der Waals surface area contributed by atoms with Crippen molar-refractivity contribution in [3.05, 3.63) is 59.7 Å². The molecule has 0 radical (unpaired) electrons. The number of hydrogen-bond donors (Lipinski definition) is 3. The minimum atomic E-state index is -0.883. The highest BCUT2D eigenvalue weighted by atomic mass is 16.8. The molecule has 2 aliphatic heterocycles. The van der Waals surface area contributed by atoms with Gasteiger partial charge in [0.2, 0.25) is 0 Å². The smallest absolute Gasteiger partial charge is 0.342 e. The molecule has 0 amide bonds. The minimum absolute atomic E-state index is 0.0613. The first-order chi connectivity index (χ1) is 19.7. The van der Waals surface area contributed by atoms with Crippen molar-refractivity contribution >= 4 is 12.0 Å². The summed E-state index contributed by atoms with van der Waals surface area (Å²) >= 11 is 0. The van der Waals surface area contributed by atoms with E-state index in [-0.39, 0.29) is 24.0 Å². The SMILES string of the molecule is COCOc1cc(OCCNCc2ncc[nH]2)cc2c1C(=O)O[C@@H](C)[C@H](C)/C=C\C(O)C1OC(C)(C)O[C@H]1CC=C2. The summed E-state index contributed by atoms with van der Waals surface area (Å²) in [4.78, 5) is 20.8. The summed E-state index contributed by atoms with van der Waals surface area (Å²) in [6.07, 6.45) is 8.82. The molecule has 1 saturated heterocycles. The van der Waals surface area contributed by atoms with Crippen LogP contribution in [0.15, 0.2) is 42.8 Å². The van der Waals surface area contributed by atoms with Crippen LogP contribution in [0.5, 0.6) is 11.5 Å². The van der Waals surface area contributed by atoms with Crippen LogP contribution in [-0.2, 0) is 25.5 Å². The number of aliphatic hydroxyl groups is 1. The number of benzene rings is 1. The van der Waals surface area contributed by atoms with E-state index in [9.17, 15) is 9.90 Å². The third kappa shape index (κ3) is 8.40. The summed E-state index contributed by atoms with van der Waals surface area (Å²) in [5, 5.41) is 14.2. The maximum Gasteiger partial charge on any atom is 0.342 e. The number of rotatable bonds is 9. The van der Waals surface area contributed by atoms with Gasteiger partial charge in [-0.25, -0.2) is 9.78 Å². The quantitative estimate of drug-likeness (QED) is 0.177. The van der Waals surface area contributed by atoms with Gasteiger partial charge >= 0.3 is 5.97 Å². The molecule has 0 saturated carbocycles. The second-order valence-electron chi connectivity index (χ2n) is 10.6. The molecule has 5 atom stereocenters. The number of nitrogens with zero attached hydrogens (tertiary/aromatic N) is 1. The molecule has 11 heteroatoms. The van der Waals surface area contributed by atoms with Gasteiger partial charge in [0.05, 0.1) is 12.6 Å². The third-order valence-electron chi connectivity index (χ3n) is 6.91. The van der Waals surface area contributed by atoms with Crippen LogP contribution in [0, 0.1) is 5.92 Å². The predicted octanol–water partition coefficient (Wildman–Crippen LogP) is 3.60. The van der Waals surface area contributed by atoms with Crippen LogP contribution < -0.4 is 14.8 Å². The van der Waals surface area contributed by atoms with Crippen LogP contribution >= 0.6 is 0 Å². The molecule has 0 bridgehead atoms. The number of ether oxygens (including phenoxy) is 6. The van der Waals surface area contributed by atoms with Gasteiger partial charge in [-0.2, -0.15) is 0 Å². The average Bonchev–Trinajstić information content (AvgIpc) is 3.56. The lowest BCUT2D eigenvalue weighted by atomic mass is 9.99. The summed E-state index contributed by atoms with van der Waals surface area (Å²) in [6, 6.07) is 3.45. The highest BCUT2D eigenvalue weighted by Gasteiger charge is 2.43. The molecule has 2 unspecified atom stereocenters. The van der Waals surface area contributed by atoms with Gasteiger partial charge in [-0.1, -0.05) is 31.2 Å². The van der Waals surface area contributed by atoms with Crippen molar-refractivity contribution in [2.24, 2.45) is 5.92 Å². The second-order valence-corrected chi connectivity index (χ2v) is 10.6. The normalized spacial score (nSPS) is 26.9. The Morgan fingerprint density at radius 3 is 2.78 bits per heavy atom. The van der Waals surface area contributed by atoms with Gasteiger partial charge in [-0.05, 0) is 38.8 Å². The molecule has 0 spiro atoms. The first-order valence-corrected chi connectivity index (χ1v) is 13.9. The number of methoxy groups -OCH3 is 1. The Labute approximate surface area is 240 Å². The molecular formula is C30H41N3O8. The van der Waals surface area contributed by atoms with Crippen LogP contribution in [0.25, 0.3) is 6.08 Å². The van der Waals surface area contributed by atoms with E-state index in [0.29, 0.717) is 37.4 Å². The van der Waals surface area contributed by atoms with Crippen LogP contribution in [0.2, 0.25) is 0 Å². The molecule has 224 valence electrons. The number of aromatic nitrogens is 2. The lowest BCUT2D eigenvalue weighted by Crippen LogP contribution is -2.34. The van der Waals surface area contributed by atoms with Crippen molar-refractivity contribution in [3.63, 3.8) is 0 Å². The topological polar surface area (TPSA) is 133 Å². The maximum atomic E-state index is 13.5. The number of nitrogens with one attached hydrogen (secondary N) is 2. The number of carbonyl (C=O) groups is 1. The number of carbonyl (C=O) groups excluding carboxylic acids is 1. The molecule has 1 aromatic heterocycles. The zero-order valence-electron chi connectivity index (χ0n) is 24.3. The molecule has 1 fully saturated rings. The largest absolute Gasteiger partial charge is 0.492 e. The first kappa shape index (κ1) is 30.7. The van der Waals surface area contributed by atoms with E-state index >= 15 is 0 Å². The van der Waals surface area contributed by atoms with Gasteiger partial charge in [0.1, 0.15) is 47.8 Å². The number of cyclic esters (lactones) is 1. The second kappa shape index (κ2) is 14.1. The molecule has 4 rings (SSSR count). The Morgan fingerprint density at radius 2 is 2.02 bits per heavy atom. The van der Waals surface area contributed by atoms with Gasteiger partial charge in [0, 0.05) is 38.0 Å². The van der Waals surface area contributed by atoms with Crippen molar-refractivity contribution < 1.29 is 38.3 Å². The number of imidazole rings is 1. The predicted molar refractivity (Wildman–Crippen MR) is 151 cm³/mol. The number of esters is 1. The average molecular weight is 572 g/mol. The van der Waals surface area contributed by atoms with Crippen molar-refractivity contribution in [3.8, 4) is 11.5 Å². The van der Waals surface area contributed by atoms with Crippen LogP contribution in [0.1, 0.15) is 55.9 Å². The molecule has 3 N–H and O–H groups in total. The lowest BCUT2D eigenvalue weighted by Gasteiger charge is -2.23. The van der Waals surface area contributed by atoms with E-state index in [4.69, 9.17) is 28.4 Å². The van der Waals surface area contributed by atoms with E-state index in [0.717, 1.165) is 5.82 Å². The van der Waals surface area contributed by atoms with Crippen molar-refractivity contribution in [2.75, 3.05) is 27.1 Å². The number of aliphatic hydroxyl groups excluding tert-OH is 1. The molecule has 0 aliphatic carbocycles. The zero-order chi connectivity index (χ0) is 29.4. The number of H-pyrrole nitrogens is 1. The summed E-state index contributed by atoms with van der Waals surface area (Å²) in [5.41, 5.74) is 0.826. The molecule has 11 nitrogen and oxygen atoms in total. The van der Waals surface area contributed by atoms with Crippen LogP contribution in [0.3, 0.4) is 0 Å². The molecule has 41 heavy (non-hydrogen) atoms. The Hall–Kier alpha value is -3.22. The van der Waals surface area contributed by atoms with E-state index in [2.05, 4.69) is 15.3 Å². The molecule has 1 aromatic carbocycles. The van der Waals surface area contributed by atoms with Gasteiger partial charge < -0.3 is 43.8 Å². The lowest BCUT2D eigenvalue weighted by molar-refractivity contribution is -0.152. The summed E-state index contributed by atoms with van der Waals surface area (Å²) in [6.45, 7) is 8.86. The summed E-state index contributed by atoms with van der Waals surface area (Å²) < 4.78 is 35.0. The van der Waals surface area contributed by atoms with E-state index in [1.165, 1.54) is 7.11 Å². The van der Waals surface area contributed by atoms with E-state index in [1.807, 2.05) is 45.9 Å². The Kier molecular flexibility index (Phi) is 10.6. The van der Waals surface area contributed by atoms with Gasteiger partial charge in [0.25, 0.3) is 0 Å². The maximum absolute atomic E-state index is 13.5. The van der Waals surface area contributed by atoms with E-state index < -0.39 is 36.2 Å². The molecule has 3 heterocycles. The van der Waals surface area contributed by atoms with Crippen LogP contribution in [-0.4, -0.2) is 78.3 Å². The fourth-order valence-electron chi connectivity index (χ4n) is 4.68. The molecular weight excluding hydrogens is 530 g/mol. The summed E-state index contributed by atoms with van der Waals surface area (Å²) in [7, 11) is 1.51. The van der Waals surface area contributed by atoms with Crippen LogP contribution in [0.4, 0.5) is 0 Å². The highest BCUT2D eigenvalue weighted by Crippen LogP contribution is 2.35. The minimum Gasteiger partial charge on any atom is -0.492 e. The van der Waals surface area contributed by atoms with Crippen molar-refractivity contribution in [1.82, 2.24) is 15.3 Å². The first-order valence-electron chi connectivity index (χ1n) is 13.9. The fourth-order valence-corrected chi connectivity index (χ4v) is 4.68. The van der Waals surface area contributed by atoms with Crippen molar-refractivity contribution in [1.29, 1.82) is 0 Å². The van der Waals surface area contributed by atoms with Gasteiger partial charge in [0.15, 0.2) is 12.6 Å². The number of aromatic amines is 1. The monoisotopic (exact) mass is 571 g/mol. The van der Waals surface area contributed by atoms with Gasteiger partial charge in [-0.15, -0.1) is 0 Å². The fraction of sp³-hybridized carbons (Fsp3) is 0.533. The number of hydrogen-bond acceptors (Lipinski definition) is 10. The highest BCUT2D eigenvalue weighted by molar-refractivity contribution is 5.97. The van der Waals surface area contributed by atoms with E-state index in [1.54, 1.807) is 30.6 Å². The zero-order valence-corrected chi connectivity index (χ0v) is 24.3. The van der Waals surface area contributed by atoms with Gasteiger partial charge in [-0.3, -0.25) is 0 Å². The Morgan fingerprint density at radius 1 is 1.20 bits per heavy atom.